The van der Waals surface area contributed by atoms with Gasteiger partial charge in [0.15, 0.2) is 0 Å². The van der Waals surface area contributed by atoms with Crippen LogP contribution in [0, 0.1) is 0 Å². The summed E-state index contributed by atoms with van der Waals surface area (Å²) in [4.78, 5) is 5.30. The second kappa shape index (κ2) is 7.46. The molecule has 0 aromatic carbocycles. The monoisotopic (exact) mass is 253 g/mol. The van der Waals surface area contributed by atoms with Crippen LogP contribution < -0.4 is 5.32 Å². The molecule has 0 saturated carbocycles. The summed E-state index contributed by atoms with van der Waals surface area (Å²) in [5.74, 6) is 0. The summed E-state index contributed by atoms with van der Waals surface area (Å²) in [5.41, 5.74) is 0. The van der Waals surface area contributed by atoms with Crippen molar-refractivity contribution in [2.45, 2.75) is 58.0 Å². The standard InChI is InChI=1S/C15H31N3/c1-3-18(4-2)15-9-12-17(13-15)11-6-8-14-7-5-10-16-14/h14-16H,3-13H2,1-2H3. The quantitative estimate of drug-likeness (QED) is 0.748. The molecule has 106 valence electrons. The van der Waals surface area contributed by atoms with E-state index in [0.29, 0.717) is 0 Å². The largest absolute Gasteiger partial charge is 0.314 e. The SMILES string of the molecule is CCN(CC)C1CCN(CCCC2CCCN2)C1. The molecular formula is C15H31N3. The van der Waals surface area contributed by atoms with Crippen molar-refractivity contribution in [3.05, 3.63) is 0 Å². The molecule has 2 aliphatic rings. The molecule has 3 heteroatoms. The van der Waals surface area contributed by atoms with E-state index >= 15 is 0 Å². The first-order valence-electron chi connectivity index (χ1n) is 8.03. The molecule has 2 unspecified atom stereocenters. The third-order valence-electron chi connectivity index (χ3n) is 4.77. The minimum absolute atomic E-state index is 0.824. The lowest BCUT2D eigenvalue weighted by molar-refractivity contribution is 0.209. The Kier molecular flexibility index (Phi) is 5.93. The highest BCUT2D eigenvalue weighted by atomic mass is 15.2. The van der Waals surface area contributed by atoms with E-state index in [-0.39, 0.29) is 0 Å². The van der Waals surface area contributed by atoms with E-state index in [9.17, 15) is 0 Å². The second-order valence-electron chi connectivity index (χ2n) is 5.90. The number of rotatable bonds is 7. The zero-order valence-electron chi connectivity index (χ0n) is 12.3. The Labute approximate surface area is 113 Å². The van der Waals surface area contributed by atoms with Crippen LogP contribution in [0.25, 0.3) is 0 Å². The summed E-state index contributed by atoms with van der Waals surface area (Å²) in [6.45, 7) is 12.2. The molecule has 2 fully saturated rings. The maximum absolute atomic E-state index is 3.60. The lowest BCUT2D eigenvalue weighted by atomic mass is 10.1. The number of nitrogens with zero attached hydrogens (tertiary/aromatic N) is 2. The van der Waals surface area contributed by atoms with Gasteiger partial charge in [-0.2, -0.15) is 0 Å². The van der Waals surface area contributed by atoms with Gasteiger partial charge in [0.1, 0.15) is 0 Å². The number of likely N-dealkylation sites (tertiary alicyclic amines) is 1. The summed E-state index contributed by atoms with van der Waals surface area (Å²) < 4.78 is 0. The number of likely N-dealkylation sites (N-methyl/N-ethyl adjacent to an activating group) is 1. The molecule has 3 nitrogen and oxygen atoms in total. The molecule has 2 heterocycles. The van der Waals surface area contributed by atoms with Crippen LogP contribution >= 0.6 is 0 Å². The maximum Gasteiger partial charge on any atom is 0.0235 e. The van der Waals surface area contributed by atoms with Gasteiger partial charge in [-0.15, -0.1) is 0 Å². The molecular weight excluding hydrogens is 222 g/mol. The van der Waals surface area contributed by atoms with Crippen LogP contribution in [0.4, 0.5) is 0 Å². The van der Waals surface area contributed by atoms with Crippen molar-refractivity contribution in [1.29, 1.82) is 0 Å². The Morgan fingerprint density at radius 1 is 1.22 bits per heavy atom. The third kappa shape index (κ3) is 3.94. The molecule has 2 rings (SSSR count). The highest BCUT2D eigenvalue weighted by molar-refractivity contribution is 4.83. The van der Waals surface area contributed by atoms with Gasteiger partial charge in [0.2, 0.25) is 0 Å². The number of hydrogen-bond donors (Lipinski definition) is 1. The summed E-state index contributed by atoms with van der Waals surface area (Å²) in [6, 6.07) is 1.65. The van der Waals surface area contributed by atoms with Crippen molar-refractivity contribution in [1.82, 2.24) is 15.1 Å². The van der Waals surface area contributed by atoms with Gasteiger partial charge in [-0.25, -0.2) is 0 Å². The van der Waals surface area contributed by atoms with E-state index in [1.165, 1.54) is 71.4 Å². The van der Waals surface area contributed by atoms with Crippen LogP contribution in [0.2, 0.25) is 0 Å². The minimum atomic E-state index is 0.824. The highest BCUT2D eigenvalue weighted by Crippen LogP contribution is 2.17. The van der Waals surface area contributed by atoms with Crippen LogP contribution in [0.3, 0.4) is 0 Å². The summed E-state index contributed by atoms with van der Waals surface area (Å²) >= 11 is 0. The molecule has 18 heavy (non-hydrogen) atoms. The molecule has 0 aromatic heterocycles. The molecule has 0 aliphatic carbocycles. The summed E-state index contributed by atoms with van der Waals surface area (Å²) in [5, 5.41) is 3.60. The van der Waals surface area contributed by atoms with Gasteiger partial charge >= 0.3 is 0 Å². The first-order valence-corrected chi connectivity index (χ1v) is 8.03. The Hall–Kier alpha value is -0.120. The lowest BCUT2D eigenvalue weighted by Crippen LogP contribution is -2.37. The fourth-order valence-electron chi connectivity index (χ4n) is 3.62. The van der Waals surface area contributed by atoms with E-state index in [2.05, 4.69) is 29.0 Å². The minimum Gasteiger partial charge on any atom is -0.314 e. The predicted molar refractivity (Wildman–Crippen MR) is 78.0 cm³/mol. The predicted octanol–water partition coefficient (Wildman–Crippen LogP) is 1.93. The van der Waals surface area contributed by atoms with Gasteiger partial charge in [0, 0.05) is 18.6 Å². The van der Waals surface area contributed by atoms with Crippen LogP contribution in [0.15, 0.2) is 0 Å². The van der Waals surface area contributed by atoms with E-state index < -0.39 is 0 Å². The van der Waals surface area contributed by atoms with Crippen LogP contribution in [-0.2, 0) is 0 Å². The molecule has 0 amide bonds. The number of nitrogens with one attached hydrogen (secondary N) is 1. The molecule has 0 radical (unpaired) electrons. The lowest BCUT2D eigenvalue weighted by Gasteiger charge is -2.26. The van der Waals surface area contributed by atoms with Crippen molar-refractivity contribution >= 4 is 0 Å². The first-order chi connectivity index (χ1) is 8.83. The zero-order valence-corrected chi connectivity index (χ0v) is 12.3. The summed E-state index contributed by atoms with van der Waals surface area (Å²) in [6.07, 6.45) is 6.93. The average molecular weight is 253 g/mol. The van der Waals surface area contributed by atoms with Gasteiger partial charge in [0.25, 0.3) is 0 Å². The molecule has 0 spiro atoms. The van der Waals surface area contributed by atoms with Gasteiger partial charge in [-0.05, 0) is 64.8 Å². The van der Waals surface area contributed by atoms with Crippen molar-refractivity contribution in [3.8, 4) is 0 Å². The maximum atomic E-state index is 3.60. The fourth-order valence-corrected chi connectivity index (χ4v) is 3.62. The van der Waals surface area contributed by atoms with Gasteiger partial charge in [-0.1, -0.05) is 13.8 Å². The zero-order chi connectivity index (χ0) is 12.8. The molecule has 0 aromatic rings. The van der Waals surface area contributed by atoms with E-state index in [0.717, 1.165) is 12.1 Å². The first kappa shape index (κ1) is 14.3. The van der Waals surface area contributed by atoms with Crippen molar-refractivity contribution in [3.63, 3.8) is 0 Å². The Bertz CT molecular complexity index is 222. The third-order valence-corrected chi connectivity index (χ3v) is 4.77. The Morgan fingerprint density at radius 3 is 2.72 bits per heavy atom. The van der Waals surface area contributed by atoms with E-state index in [1.807, 2.05) is 0 Å². The number of hydrogen-bond acceptors (Lipinski definition) is 3. The smallest absolute Gasteiger partial charge is 0.0235 e. The molecule has 1 N–H and O–H groups in total. The molecule has 2 atom stereocenters. The highest BCUT2D eigenvalue weighted by Gasteiger charge is 2.25. The van der Waals surface area contributed by atoms with Gasteiger partial charge < -0.3 is 10.2 Å². The summed E-state index contributed by atoms with van der Waals surface area (Å²) in [7, 11) is 0. The second-order valence-corrected chi connectivity index (χ2v) is 5.90. The molecule has 2 saturated heterocycles. The van der Waals surface area contributed by atoms with Gasteiger partial charge in [0.05, 0.1) is 0 Å². The average Bonchev–Trinajstić information content (AvgIpc) is 3.03. The molecule has 0 bridgehead atoms. The topological polar surface area (TPSA) is 18.5 Å². The van der Waals surface area contributed by atoms with Crippen molar-refractivity contribution in [2.75, 3.05) is 39.3 Å². The van der Waals surface area contributed by atoms with Crippen molar-refractivity contribution in [2.24, 2.45) is 0 Å². The molecule has 2 aliphatic heterocycles. The Balaban J connectivity index is 1.60. The van der Waals surface area contributed by atoms with E-state index in [4.69, 9.17) is 0 Å². The Morgan fingerprint density at radius 2 is 2.06 bits per heavy atom. The fraction of sp³-hybridized carbons (Fsp3) is 1.00. The van der Waals surface area contributed by atoms with Gasteiger partial charge in [-0.3, -0.25) is 4.90 Å². The van der Waals surface area contributed by atoms with Crippen LogP contribution in [0.1, 0.15) is 46.0 Å². The van der Waals surface area contributed by atoms with Crippen molar-refractivity contribution < 1.29 is 0 Å². The van der Waals surface area contributed by atoms with Crippen LogP contribution in [-0.4, -0.2) is 61.2 Å². The normalized spacial score (nSPS) is 29.5. The van der Waals surface area contributed by atoms with Crippen LogP contribution in [0.5, 0.6) is 0 Å². The van der Waals surface area contributed by atoms with E-state index in [1.54, 1.807) is 0 Å².